The topological polar surface area (TPSA) is 69.0 Å². The lowest BCUT2D eigenvalue weighted by Crippen LogP contribution is -2.23. The third-order valence-corrected chi connectivity index (χ3v) is 6.59. The third kappa shape index (κ3) is 5.96. The highest BCUT2D eigenvalue weighted by Gasteiger charge is 2.21. The maximum absolute atomic E-state index is 12.7. The number of anilines is 1. The van der Waals surface area contributed by atoms with E-state index >= 15 is 0 Å². The van der Waals surface area contributed by atoms with Crippen LogP contribution in [0.25, 0.3) is 10.7 Å². The standard InChI is InChI=1S/C23H20F2N4O2S2/c1-15(21(30)26-17-9-11-18(12-10-17)31-22(24)25)33-23-28-27-20(19-8-5-13-32-19)29(23)14-16-6-3-2-4-7-16/h2-13,15,22H,14H2,1H3,(H,26,30). The highest BCUT2D eigenvalue weighted by Crippen LogP contribution is 2.30. The van der Waals surface area contributed by atoms with Gasteiger partial charge in [0.15, 0.2) is 11.0 Å². The summed E-state index contributed by atoms with van der Waals surface area (Å²) in [7, 11) is 0. The van der Waals surface area contributed by atoms with Crippen molar-refractivity contribution < 1.29 is 18.3 Å². The van der Waals surface area contributed by atoms with Crippen LogP contribution in [0.15, 0.2) is 77.3 Å². The molecule has 0 aliphatic heterocycles. The first kappa shape index (κ1) is 22.9. The van der Waals surface area contributed by atoms with Gasteiger partial charge in [0.1, 0.15) is 5.75 Å². The summed E-state index contributed by atoms with van der Waals surface area (Å²) in [6.45, 7) is -0.543. The number of carbonyl (C=O) groups excluding carboxylic acids is 1. The van der Waals surface area contributed by atoms with Crippen molar-refractivity contribution in [2.45, 2.75) is 30.5 Å². The molecule has 170 valence electrons. The number of alkyl halides is 2. The van der Waals surface area contributed by atoms with E-state index in [-0.39, 0.29) is 11.7 Å². The number of thioether (sulfide) groups is 1. The fourth-order valence-corrected chi connectivity index (χ4v) is 4.61. The normalized spacial score (nSPS) is 12.0. The second kappa shape index (κ2) is 10.6. The lowest BCUT2D eigenvalue weighted by atomic mass is 10.2. The van der Waals surface area contributed by atoms with E-state index in [1.165, 1.54) is 36.0 Å². The summed E-state index contributed by atoms with van der Waals surface area (Å²) in [5.41, 5.74) is 1.58. The van der Waals surface area contributed by atoms with E-state index in [0.29, 0.717) is 17.4 Å². The van der Waals surface area contributed by atoms with Crippen LogP contribution in [-0.2, 0) is 11.3 Å². The molecule has 0 saturated carbocycles. The van der Waals surface area contributed by atoms with E-state index < -0.39 is 11.9 Å². The smallest absolute Gasteiger partial charge is 0.387 e. The van der Waals surface area contributed by atoms with Gasteiger partial charge >= 0.3 is 6.61 Å². The number of thiophene rings is 1. The summed E-state index contributed by atoms with van der Waals surface area (Å²) in [6.07, 6.45) is 0. The maximum Gasteiger partial charge on any atom is 0.387 e. The van der Waals surface area contributed by atoms with Crippen molar-refractivity contribution in [2.24, 2.45) is 0 Å². The average molecular weight is 487 g/mol. The zero-order valence-electron chi connectivity index (χ0n) is 17.5. The molecule has 4 rings (SSSR count). The second-order valence-electron chi connectivity index (χ2n) is 7.01. The lowest BCUT2D eigenvalue weighted by molar-refractivity contribution is -0.115. The zero-order valence-corrected chi connectivity index (χ0v) is 19.2. The molecule has 0 saturated heterocycles. The predicted molar refractivity (Wildman–Crippen MR) is 126 cm³/mol. The first-order chi connectivity index (χ1) is 16.0. The monoisotopic (exact) mass is 486 g/mol. The molecular weight excluding hydrogens is 466 g/mol. The number of carbonyl (C=O) groups is 1. The number of benzene rings is 2. The summed E-state index contributed by atoms with van der Waals surface area (Å²) < 4.78 is 30.9. The van der Waals surface area contributed by atoms with Crippen LogP contribution in [0.3, 0.4) is 0 Å². The fourth-order valence-electron chi connectivity index (χ4n) is 3.05. The van der Waals surface area contributed by atoms with Crippen molar-refractivity contribution in [3.8, 4) is 16.5 Å². The van der Waals surface area contributed by atoms with Crippen molar-refractivity contribution in [3.05, 3.63) is 77.7 Å². The van der Waals surface area contributed by atoms with Gasteiger partial charge < -0.3 is 10.1 Å². The molecule has 1 atom stereocenters. The number of rotatable bonds is 9. The predicted octanol–water partition coefficient (Wildman–Crippen LogP) is 5.78. The number of nitrogens with one attached hydrogen (secondary N) is 1. The number of nitrogens with zero attached hydrogens (tertiary/aromatic N) is 3. The Labute approximate surface area is 197 Å². The van der Waals surface area contributed by atoms with E-state index in [2.05, 4.69) is 20.3 Å². The Morgan fingerprint density at radius 3 is 2.52 bits per heavy atom. The summed E-state index contributed by atoms with van der Waals surface area (Å²) in [6, 6.07) is 19.7. The van der Waals surface area contributed by atoms with E-state index in [4.69, 9.17) is 0 Å². The molecular formula is C23H20F2N4O2S2. The quantitative estimate of drug-likeness (QED) is 0.304. The molecule has 0 spiro atoms. The SMILES string of the molecule is CC(Sc1nnc(-c2cccs2)n1Cc1ccccc1)C(=O)Nc1ccc(OC(F)F)cc1. The van der Waals surface area contributed by atoms with Gasteiger partial charge in [-0.05, 0) is 48.2 Å². The van der Waals surface area contributed by atoms with Crippen LogP contribution in [-0.4, -0.2) is 32.5 Å². The van der Waals surface area contributed by atoms with Gasteiger partial charge in [-0.3, -0.25) is 9.36 Å². The summed E-state index contributed by atoms with van der Waals surface area (Å²) in [5, 5.41) is 13.7. The summed E-state index contributed by atoms with van der Waals surface area (Å²) in [4.78, 5) is 13.7. The van der Waals surface area contributed by atoms with Crippen LogP contribution in [0.5, 0.6) is 5.75 Å². The van der Waals surface area contributed by atoms with Crippen molar-refractivity contribution in [2.75, 3.05) is 5.32 Å². The van der Waals surface area contributed by atoms with Gasteiger partial charge in [-0.1, -0.05) is 48.2 Å². The molecule has 1 N–H and O–H groups in total. The molecule has 4 aromatic rings. The molecule has 2 aromatic heterocycles. The Morgan fingerprint density at radius 1 is 1.09 bits per heavy atom. The molecule has 1 unspecified atom stereocenters. The zero-order chi connectivity index (χ0) is 23.2. The van der Waals surface area contributed by atoms with Crippen molar-refractivity contribution >= 4 is 34.7 Å². The van der Waals surface area contributed by atoms with Crippen molar-refractivity contribution in [1.82, 2.24) is 14.8 Å². The Kier molecular flexibility index (Phi) is 7.36. The first-order valence-electron chi connectivity index (χ1n) is 10.0. The van der Waals surface area contributed by atoms with Gasteiger partial charge in [-0.25, -0.2) is 0 Å². The molecule has 0 aliphatic rings. The van der Waals surface area contributed by atoms with Crippen LogP contribution in [0.2, 0.25) is 0 Å². The van der Waals surface area contributed by atoms with E-state index in [1.807, 2.05) is 52.4 Å². The van der Waals surface area contributed by atoms with Crippen LogP contribution in [0, 0.1) is 0 Å². The Hall–Kier alpha value is -3.24. The molecule has 2 aromatic carbocycles. The minimum Gasteiger partial charge on any atom is -0.435 e. The summed E-state index contributed by atoms with van der Waals surface area (Å²) in [5.74, 6) is 0.536. The van der Waals surface area contributed by atoms with Gasteiger partial charge in [-0.2, -0.15) is 8.78 Å². The molecule has 0 fully saturated rings. The Bertz CT molecular complexity index is 1180. The second-order valence-corrected chi connectivity index (χ2v) is 9.26. The van der Waals surface area contributed by atoms with Gasteiger partial charge in [0.25, 0.3) is 0 Å². The van der Waals surface area contributed by atoms with Gasteiger partial charge in [0.05, 0.1) is 16.7 Å². The number of hydrogen-bond acceptors (Lipinski definition) is 6. The van der Waals surface area contributed by atoms with E-state index in [0.717, 1.165) is 16.3 Å². The number of halogens is 2. The Balaban J connectivity index is 1.49. The van der Waals surface area contributed by atoms with Gasteiger partial charge in [-0.15, -0.1) is 21.5 Å². The highest BCUT2D eigenvalue weighted by molar-refractivity contribution is 8.00. The lowest BCUT2D eigenvalue weighted by Gasteiger charge is -2.14. The van der Waals surface area contributed by atoms with Crippen molar-refractivity contribution in [1.29, 1.82) is 0 Å². The highest BCUT2D eigenvalue weighted by atomic mass is 32.2. The van der Waals surface area contributed by atoms with Crippen LogP contribution >= 0.6 is 23.1 Å². The Morgan fingerprint density at radius 2 is 1.85 bits per heavy atom. The van der Waals surface area contributed by atoms with Crippen LogP contribution < -0.4 is 10.1 Å². The maximum atomic E-state index is 12.7. The van der Waals surface area contributed by atoms with Crippen LogP contribution in [0.4, 0.5) is 14.5 Å². The number of hydrogen-bond donors (Lipinski definition) is 1. The number of ether oxygens (including phenoxy) is 1. The largest absolute Gasteiger partial charge is 0.435 e. The van der Waals surface area contributed by atoms with Crippen LogP contribution in [0.1, 0.15) is 12.5 Å². The molecule has 33 heavy (non-hydrogen) atoms. The molecule has 0 bridgehead atoms. The molecule has 2 heterocycles. The van der Waals surface area contributed by atoms with Gasteiger partial charge in [0, 0.05) is 5.69 Å². The average Bonchev–Trinajstić information content (AvgIpc) is 3.46. The number of amides is 1. The summed E-state index contributed by atoms with van der Waals surface area (Å²) >= 11 is 2.88. The van der Waals surface area contributed by atoms with E-state index in [1.54, 1.807) is 18.3 Å². The molecule has 6 nitrogen and oxygen atoms in total. The fraction of sp³-hybridized carbons (Fsp3) is 0.174. The first-order valence-corrected chi connectivity index (χ1v) is 11.8. The molecule has 1 amide bonds. The minimum atomic E-state index is -2.89. The molecule has 10 heteroatoms. The van der Waals surface area contributed by atoms with Gasteiger partial charge in [0.2, 0.25) is 5.91 Å². The third-order valence-electron chi connectivity index (χ3n) is 4.64. The number of aromatic nitrogens is 3. The molecule has 0 aliphatic carbocycles. The van der Waals surface area contributed by atoms with E-state index in [9.17, 15) is 13.6 Å². The molecule has 0 radical (unpaired) electrons. The van der Waals surface area contributed by atoms with Crippen molar-refractivity contribution in [3.63, 3.8) is 0 Å². The minimum absolute atomic E-state index is 0.0283.